The fourth-order valence-electron chi connectivity index (χ4n) is 2.32. The van der Waals surface area contributed by atoms with Crippen LogP contribution in [0, 0.1) is 0 Å². The van der Waals surface area contributed by atoms with Gasteiger partial charge in [-0.05, 0) is 56.3 Å². The van der Waals surface area contributed by atoms with Crippen molar-refractivity contribution in [2.75, 3.05) is 6.61 Å². The first-order chi connectivity index (χ1) is 12.6. The SMILES string of the molecule is CCOc1ccc(C(=O)C(C)Sc2nnc(-c3cccc(Br)c3)o2)cc1. The smallest absolute Gasteiger partial charge is 0.277 e. The highest BCUT2D eigenvalue weighted by atomic mass is 79.9. The number of nitrogens with zero attached hydrogens (tertiary/aromatic N) is 2. The number of hydrogen-bond donors (Lipinski definition) is 0. The number of halogens is 1. The zero-order valence-electron chi connectivity index (χ0n) is 14.3. The molecule has 3 aromatic rings. The molecule has 0 saturated heterocycles. The average Bonchev–Trinajstić information content (AvgIpc) is 3.10. The number of ketones is 1. The van der Waals surface area contributed by atoms with Crippen LogP contribution in [-0.2, 0) is 0 Å². The first-order valence-corrected chi connectivity index (χ1v) is 9.77. The Hall–Kier alpha value is -2.12. The lowest BCUT2D eigenvalue weighted by molar-refractivity contribution is 0.0993. The number of aromatic nitrogens is 2. The summed E-state index contributed by atoms with van der Waals surface area (Å²) in [6, 6.07) is 14.7. The van der Waals surface area contributed by atoms with E-state index in [2.05, 4.69) is 26.1 Å². The fraction of sp³-hybridized carbons (Fsp3) is 0.211. The van der Waals surface area contributed by atoms with Crippen molar-refractivity contribution in [1.29, 1.82) is 0 Å². The standard InChI is InChI=1S/C19H17BrN2O3S/c1-3-24-16-9-7-13(8-10-16)17(23)12(2)26-19-22-21-18(25-19)14-5-4-6-15(20)11-14/h4-12H,3H2,1-2H3. The van der Waals surface area contributed by atoms with Crippen molar-refractivity contribution in [3.8, 4) is 17.2 Å². The molecular formula is C19H17BrN2O3S. The van der Waals surface area contributed by atoms with Crippen LogP contribution < -0.4 is 4.74 Å². The number of carbonyl (C=O) groups excluding carboxylic acids is 1. The molecule has 0 aliphatic rings. The van der Waals surface area contributed by atoms with E-state index in [4.69, 9.17) is 9.15 Å². The Bertz CT molecular complexity index is 896. The van der Waals surface area contributed by atoms with Gasteiger partial charge in [-0.1, -0.05) is 33.8 Å². The zero-order valence-corrected chi connectivity index (χ0v) is 16.7. The van der Waals surface area contributed by atoms with Crippen LogP contribution in [0.1, 0.15) is 24.2 Å². The van der Waals surface area contributed by atoms with E-state index in [9.17, 15) is 4.79 Å². The molecule has 0 saturated carbocycles. The monoisotopic (exact) mass is 432 g/mol. The maximum atomic E-state index is 12.6. The molecule has 0 aliphatic heterocycles. The Balaban J connectivity index is 1.67. The highest BCUT2D eigenvalue weighted by Crippen LogP contribution is 2.29. The summed E-state index contributed by atoms with van der Waals surface area (Å²) in [5.74, 6) is 1.18. The molecule has 3 rings (SSSR count). The molecule has 1 aromatic heterocycles. The van der Waals surface area contributed by atoms with Crippen molar-refractivity contribution < 1.29 is 13.9 Å². The lowest BCUT2D eigenvalue weighted by Gasteiger charge is -2.08. The van der Waals surface area contributed by atoms with Gasteiger partial charge in [0.25, 0.3) is 5.22 Å². The van der Waals surface area contributed by atoms with Gasteiger partial charge in [0.1, 0.15) is 5.75 Å². The van der Waals surface area contributed by atoms with Crippen molar-refractivity contribution in [1.82, 2.24) is 10.2 Å². The number of hydrogen-bond acceptors (Lipinski definition) is 6. The van der Waals surface area contributed by atoms with Crippen LogP contribution in [0.25, 0.3) is 11.5 Å². The second-order valence-corrected chi connectivity index (χ2v) is 7.67. The van der Waals surface area contributed by atoms with Crippen LogP contribution in [0.5, 0.6) is 5.75 Å². The molecule has 0 N–H and O–H groups in total. The summed E-state index contributed by atoms with van der Waals surface area (Å²) >= 11 is 4.67. The van der Waals surface area contributed by atoms with Crippen LogP contribution in [0.15, 0.2) is 62.6 Å². The predicted octanol–water partition coefficient (Wildman–Crippen LogP) is 5.26. The summed E-state index contributed by atoms with van der Waals surface area (Å²) in [5, 5.41) is 8.12. The van der Waals surface area contributed by atoms with Gasteiger partial charge < -0.3 is 9.15 Å². The van der Waals surface area contributed by atoms with Gasteiger partial charge in [-0.3, -0.25) is 4.79 Å². The average molecular weight is 433 g/mol. The normalized spacial score (nSPS) is 12.0. The molecule has 1 unspecified atom stereocenters. The first kappa shape index (κ1) is 18.7. The third-order valence-electron chi connectivity index (χ3n) is 3.57. The van der Waals surface area contributed by atoms with Gasteiger partial charge in [-0.15, -0.1) is 10.2 Å². The second-order valence-electron chi connectivity index (χ2n) is 5.47. The first-order valence-electron chi connectivity index (χ1n) is 8.10. The van der Waals surface area contributed by atoms with Crippen LogP contribution in [0.2, 0.25) is 0 Å². The van der Waals surface area contributed by atoms with Crippen molar-refractivity contribution in [2.24, 2.45) is 0 Å². The molecular weight excluding hydrogens is 416 g/mol. The third kappa shape index (κ3) is 4.53. The number of benzene rings is 2. The Morgan fingerprint density at radius 3 is 2.69 bits per heavy atom. The van der Waals surface area contributed by atoms with Crippen molar-refractivity contribution >= 4 is 33.5 Å². The molecule has 7 heteroatoms. The topological polar surface area (TPSA) is 65.2 Å². The molecule has 1 heterocycles. The van der Waals surface area contributed by atoms with E-state index < -0.39 is 0 Å². The Morgan fingerprint density at radius 2 is 2.00 bits per heavy atom. The number of Topliss-reactive ketones (excluding diaryl/α,β-unsaturated/α-hetero) is 1. The van der Waals surface area contributed by atoms with E-state index in [1.807, 2.05) is 38.1 Å². The summed E-state index contributed by atoms with van der Waals surface area (Å²) in [7, 11) is 0. The van der Waals surface area contributed by atoms with Gasteiger partial charge in [0.2, 0.25) is 5.89 Å². The molecule has 5 nitrogen and oxygen atoms in total. The number of carbonyl (C=O) groups is 1. The van der Waals surface area contributed by atoms with Crippen molar-refractivity contribution in [3.63, 3.8) is 0 Å². The fourth-order valence-corrected chi connectivity index (χ4v) is 3.48. The van der Waals surface area contributed by atoms with Crippen LogP contribution in [0.3, 0.4) is 0 Å². The minimum Gasteiger partial charge on any atom is -0.494 e. The predicted molar refractivity (Wildman–Crippen MR) is 105 cm³/mol. The molecule has 2 aromatic carbocycles. The minimum atomic E-state index is -0.344. The molecule has 134 valence electrons. The molecule has 0 fully saturated rings. The summed E-state index contributed by atoms with van der Waals surface area (Å²) in [5.41, 5.74) is 1.45. The Labute approximate surface area is 164 Å². The largest absolute Gasteiger partial charge is 0.494 e. The van der Waals surface area contributed by atoms with E-state index >= 15 is 0 Å². The lowest BCUT2D eigenvalue weighted by Crippen LogP contribution is -2.13. The van der Waals surface area contributed by atoms with Gasteiger partial charge in [0.15, 0.2) is 5.78 Å². The van der Waals surface area contributed by atoms with Crippen LogP contribution >= 0.6 is 27.7 Å². The van der Waals surface area contributed by atoms with Gasteiger partial charge in [0.05, 0.1) is 11.9 Å². The minimum absolute atomic E-state index is 0.000235. The van der Waals surface area contributed by atoms with Gasteiger partial charge >= 0.3 is 0 Å². The molecule has 1 atom stereocenters. The summed E-state index contributed by atoms with van der Waals surface area (Å²) in [6.45, 7) is 4.34. The number of ether oxygens (including phenoxy) is 1. The van der Waals surface area contributed by atoms with E-state index in [1.54, 1.807) is 24.3 Å². The van der Waals surface area contributed by atoms with E-state index in [-0.39, 0.29) is 11.0 Å². The molecule has 0 amide bonds. The van der Waals surface area contributed by atoms with Gasteiger partial charge in [-0.25, -0.2) is 0 Å². The van der Waals surface area contributed by atoms with Crippen LogP contribution in [0.4, 0.5) is 0 Å². The van der Waals surface area contributed by atoms with E-state index in [0.717, 1.165) is 15.8 Å². The van der Waals surface area contributed by atoms with E-state index in [1.165, 1.54) is 11.8 Å². The zero-order chi connectivity index (χ0) is 18.5. The molecule has 0 radical (unpaired) electrons. The van der Waals surface area contributed by atoms with Crippen molar-refractivity contribution in [3.05, 3.63) is 58.6 Å². The molecule has 26 heavy (non-hydrogen) atoms. The van der Waals surface area contributed by atoms with Crippen molar-refractivity contribution in [2.45, 2.75) is 24.3 Å². The Morgan fingerprint density at radius 1 is 1.23 bits per heavy atom. The highest BCUT2D eigenvalue weighted by molar-refractivity contribution is 9.10. The number of thioether (sulfide) groups is 1. The molecule has 0 aliphatic carbocycles. The lowest BCUT2D eigenvalue weighted by atomic mass is 10.1. The Kier molecular flexibility index (Phi) is 6.11. The highest BCUT2D eigenvalue weighted by Gasteiger charge is 2.20. The summed E-state index contributed by atoms with van der Waals surface area (Å²) < 4.78 is 12.0. The third-order valence-corrected chi connectivity index (χ3v) is 5.00. The summed E-state index contributed by atoms with van der Waals surface area (Å²) in [4.78, 5) is 12.6. The maximum absolute atomic E-state index is 12.6. The molecule has 0 bridgehead atoms. The summed E-state index contributed by atoms with van der Waals surface area (Å²) in [6.07, 6.45) is 0. The maximum Gasteiger partial charge on any atom is 0.277 e. The van der Waals surface area contributed by atoms with Gasteiger partial charge in [0, 0.05) is 15.6 Å². The second kappa shape index (κ2) is 8.51. The van der Waals surface area contributed by atoms with Gasteiger partial charge in [-0.2, -0.15) is 0 Å². The van der Waals surface area contributed by atoms with Crippen LogP contribution in [-0.4, -0.2) is 27.8 Å². The number of rotatable bonds is 7. The quantitative estimate of drug-likeness (QED) is 0.374. The van der Waals surface area contributed by atoms with E-state index in [0.29, 0.717) is 23.3 Å². The molecule has 0 spiro atoms.